The summed E-state index contributed by atoms with van der Waals surface area (Å²) in [6, 6.07) is 9.76. The molecule has 2 aromatic carbocycles. The number of nitrogens with zero attached hydrogens (tertiary/aromatic N) is 1. The molecule has 2 rings (SSSR count). The summed E-state index contributed by atoms with van der Waals surface area (Å²) in [5.41, 5.74) is 1.04. The SMILES string of the molecule is CCN(CC)C(=O)Cc1ccc(NS(=O)(=O)c2ccc(Cl)cc2F)cc1. The van der Waals surface area contributed by atoms with Crippen molar-refractivity contribution in [3.63, 3.8) is 0 Å². The van der Waals surface area contributed by atoms with Gasteiger partial charge in [0.2, 0.25) is 5.91 Å². The second-order valence-corrected chi connectivity index (χ2v) is 7.71. The molecule has 8 heteroatoms. The van der Waals surface area contributed by atoms with Gasteiger partial charge in [0.05, 0.1) is 6.42 Å². The molecule has 0 aliphatic heterocycles. The van der Waals surface area contributed by atoms with Crippen LogP contribution in [0.1, 0.15) is 19.4 Å². The number of rotatable bonds is 7. The Hall–Kier alpha value is -2.12. The molecule has 0 radical (unpaired) electrons. The number of sulfonamides is 1. The summed E-state index contributed by atoms with van der Waals surface area (Å²) >= 11 is 5.64. The van der Waals surface area contributed by atoms with Crippen molar-refractivity contribution in [1.82, 2.24) is 4.90 Å². The highest BCUT2D eigenvalue weighted by atomic mass is 35.5. The maximum absolute atomic E-state index is 13.9. The third-order valence-electron chi connectivity index (χ3n) is 3.86. The fraction of sp³-hybridized carbons (Fsp3) is 0.278. The van der Waals surface area contributed by atoms with Gasteiger partial charge in [-0.15, -0.1) is 0 Å². The predicted molar refractivity (Wildman–Crippen MR) is 100 cm³/mol. The van der Waals surface area contributed by atoms with Gasteiger partial charge < -0.3 is 4.90 Å². The summed E-state index contributed by atoms with van der Waals surface area (Å²) in [6.07, 6.45) is 0.237. The highest BCUT2D eigenvalue weighted by molar-refractivity contribution is 7.92. The number of amides is 1. The van der Waals surface area contributed by atoms with Crippen molar-refractivity contribution in [3.05, 3.63) is 58.9 Å². The lowest BCUT2D eigenvalue weighted by atomic mass is 10.1. The zero-order valence-corrected chi connectivity index (χ0v) is 16.1. The number of halogens is 2. The quantitative estimate of drug-likeness (QED) is 0.773. The Morgan fingerprint density at radius 1 is 1.12 bits per heavy atom. The molecule has 1 N–H and O–H groups in total. The fourth-order valence-corrected chi connectivity index (χ4v) is 3.73. The van der Waals surface area contributed by atoms with Crippen LogP contribution >= 0.6 is 11.6 Å². The molecule has 0 aromatic heterocycles. The molecule has 0 unspecified atom stereocenters. The Labute approximate surface area is 157 Å². The lowest BCUT2D eigenvalue weighted by Crippen LogP contribution is -2.31. The number of carbonyl (C=O) groups excluding carboxylic acids is 1. The van der Waals surface area contributed by atoms with E-state index in [1.165, 1.54) is 18.2 Å². The van der Waals surface area contributed by atoms with Crippen LogP contribution in [0.3, 0.4) is 0 Å². The predicted octanol–water partition coefficient (Wildman–Crippen LogP) is 3.69. The topological polar surface area (TPSA) is 66.5 Å². The van der Waals surface area contributed by atoms with Crippen molar-refractivity contribution in [2.45, 2.75) is 25.2 Å². The van der Waals surface area contributed by atoms with Gasteiger partial charge in [-0.05, 0) is 49.7 Å². The Bertz CT molecular complexity index is 882. The van der Waals surface area contributed by atoms with E-state index in [2.05, 4.69) is 4.72 Å². The standard InChI is InChI=1S/C18H20ClFN2O3S/c1-3-22(4-2)18(23)11-13-5-8-15(9-6-13)21-26(24,25)17-10-7-14(19)12-16(17)20/h5-10,12,21H,3-4,11H2,1-2H3. The van der Waals surface area contributed by atoms with Gasteiger partial charge in [0.25, 0.3) is 10.0 Å². The van der Waals surface area contributed by atoms with Crippen LogP contribution in [0.15, 0.2) is 47.4 Å². The van der Waals surface area contributed by atoms with Gasteiger partial charge in [0.15, 0.2) is 0 Å². The maximum atomic E-state index is 13.9. The van der Waals surface area contributed by atoms with E-state index in [0.717, 1.165) is 17.7 Å². The molecular formula is C18H20ClFN2O3S. The highest BCUT2D eigenvalue weighted by Gasteiger charge is 2.19. The van der Waals surface area contributed by atoms with E-state index >= 15 is 0 Å². The first-order chi connectivity index (χ1) is 12.3. The van der Waals surface area contributed by atoms with Crippen LogP contribution in [0.25, 0.3) is 0 Å². The monoisotopic (exact) mass is 398 g/mol. The molecule has 0 spiro atoms. The minimum Gasteiger partial charge on any atom is -0.343 e. The highest BCUT2D eigenvalue weighted by Crippen LogP contribution is 2.22. The largest absolute Gasteiger partial charge is 0.343 e. The fourth-order valence-electron chi connectivity index (χ4n) is 2.46. The van der Waals surface area contributed by atoms with Crippen molar-refractivity contribution < 1.29 is 17.6 Å². The van der Waals surface area contributed by atoms with Gasteiger partial charge in [0, 0.05) is 23.8 Å². The molecule has 2 aromatic rings. The second-order valence-electron chi connectivity index (χ2n) is 5.62. The number of anilines is 1. The van der Waals surface area contributed by atoms with E-state index in [0.29, 0.717) is 13.1 Å². The third kappa shape index (κ3) is 4.95. The van der Waals surface area contributed by atoms with E-state index < -0.39 is 20.7 Å². The van der Waals surface area contributed by atoms with Crippen LogP contribution in [0, 0.1) is 5.82 Å². The Balaban J connectivity index is 2.12. The smallest absolute Gasteiger partial charge is 0.264 e. The molecular weight excluding hydrogens is 379 g/mol. The molecule has 0 heterocycles. The summed E-state index contributed by atoms with van der Waals surface area (Å²) < 4.78 is 40.8. The summed E-state index contributed by atoms with van der Waals surface area (Å²) in [5.74, 6) is -0.919. The van der Waals surface area contributed by atoms with Crippen LogP contribution in [-0.2, 0) is 21.2 Å². The van der Waals surface area contributed by atoms with Crippen molar-refractivity contribution >= 4 is 33.2 Å². The minimum atomic E-state index is -4.08. The van der Waals surface area contributed by atoms with Crippen LogP contribution in [0.5, 0.6) is 0 Å². The molecule has 26 heavy (non-hydrogen) atoms. The Kier molecular flexibility index (Phi) is 6.61. The number of benzene rings is 2. The molecule has 0 saturated carbocycles. The number of nitrogens with one attached hydrogen (secondary N) is 1. The molecule has 0 saturated heterocycles. The zero-order valence-electron chi connectivity index (χ0n) is 14.5. The summed E-state index contributed by atoms with van der Waals surface area (Å²) in [5, 5.41) is 0.115. The third-order valence-corrected chi connectivity index (χ3v) is 5.51. The van der Waals surface area contributed by atoms with Crippen molar-refractivity contribution in [3.8, 4) is 0 Å². The number of carbonyl (C=O) groups is 1. The first-order valence-electron chi connectivity index (χ1n) is 8.11. The normalized spacial score (nSPS) is 11.2. The van der Waals surface area contributed by atoms with E-state index in [1.807, 2.05) is 13.8 Å². The first-order valence-corrected chi connectivity index (χ1v) is 9.97. The molecule has 0 fully saturated rings. The number of hydrogen-bond donors (Lipinski definition) is 1. The van der Waals surface area contributed by atoms with E-state index in [1.54, 1.807) is 17.0 Å². The molecule has 1 amide bonds. The van der Waals surface area contributed by atoms with Crippen molar-refractivity contribution in [1.29, 1.82) is 0 Å². The van der Waals surface area contributed by atoms with Crippen LogP contribution < -0.4 is 4.72 Å². The van der Waals surface area contributed by atoms with Gasteiger partial charge in [-0.1, -0.05) is 23.7 Å². The Morgan fingerprint density at radius 3 is 2.27 bits per heavy atom. The van der Waals surface area contributed by atoms with Gasteiger partial charge in [-0.3, -0.25) is 9.52 Å². The Morgan fingerprint density at radius 2 is 1.73 bits per heavy atom. The number of hydrogen-bond acceptors (Lipinski definition) is 3. The molecule has 140 valence electrons. The van der Waals surface area contributed by atoms with Gasteiger partial charge >= 0.3 is 0 Å². The minimum absolute atomic E-state index is 0.00608. The van der Waals surface area contributed by atoms with Crippen molar-refractivity contribution in [2.24, 2.45) is 0 Å². The van der Waals surface area contributed by atoms with Crippen molar-refractivity contribution in [2.75, 3.05) is 17.8 Å². The average molecular weight is 399 g/mol. The molecule has 0 atom stereocenters. The molecule has 0 bridgehead atoms. The molecule has 0 aliphatic rings. The average Bonchev–Trinajstić information content (AvgIpc) is 2.57. The first kappa shape index (κ1) is 20.2. The maximum Gasteiger partial charge on any atom is 0.264 e. The van der Waals surface area contributed by atoms with Crippen LogP contribution in [0.4, 0.5) is 10.1 Å². The van der Waals surface area contributed by atoms with Crippen LogP contribution in [0.2, 0.25) is 5.02 Å². The van der Waals surface area contributed by atoms with Gasteiger partial charge in [-0.25, -0.2) is 12.8 Å². The van der Waals surface area contributed by atoms with Crippen LogP contribution in [-0.4, -0.2) is 32.3 Å². The summed E-state index contributed by atoms with van der Waals surface area (Å²) in [4.78, 5) is 13.3. The van der Waals surface area contributed by atoms with E-state index in [9.17, 15) is 17.6 Å². The summed E-state index contributed by atoms with van der Waals surface area (Å²) in [6.45, 7) is 5.10. The zero-order chi connectivity index (χ0) is 19.3. The summed E-state index contributed by atoms with van der Waals surface area (Å²) in [7, 11) is -4.08. The molecule has 0 aliphatic carbocycles. The lowest BCUT2D eigenvalue weighted by molar-refractivity contribution is -0.130. The van der Waals surface area contributed by atoms with E-state index in [-0.39, 0.29) is 23.0 Å². The second kappa shape index (κ2) is 8.51. The van der Waals surface area contributed by atoms with Gasteiger partial charge in [-0.2, -0.15) is 0 Å². The molecule has 5 nitrogen and oxygen atoms in total. The number of likely N-dealkylation sites (N-methyl/N-ethyl adjacent to an activating group) is 1. The van der Waals surface area contributed by atoms with E-state index in [4.69, 9.17) is 11.6 Å². The van der Waals surface area contributed by atoms with Gasteiger partial charge in [0.1, 0.15) is 10.7 Å². The lowest BCUT2D eigenvalue weighted by Gasteiger charge is -2.18.